The second-order valence-electron chi connectivity index (χ2n) is 5.34. The lowest BCUT2D eigenvalue weighted by Gasteiger charge is -2.25. The maximum absolute atomic E-state index is 10.9. The molecule has 0 aromatic heterocycles. The molecule has 0 bridgehead atoms. The lowest BCUT2D eigenvalue weighted by atomic mass is 9.89. The molecule has 1 aromatic carbocycles. The van der Waals surface area contributed by atoms with Crippen molar-refractivity contribution in [2.24, 2.45) is 5.92 Å². The minimum absolute atomic E-state index is 0.115. The highest BCUT2D eigenvalue weighted by molar-refractivity contribution is 7.99. The quantitative estimate of drug-likeness (QED) is 0.812. The molecule has 2 rings (SSSR count). The molecule has 1 fully saturated rings. The van der Waals surface area contributed by atoms with Gasteiger partial charge in [-0.15, -0.1) is 0 Å². The number of carbonyl (C=O) groups is 1. The van der Waals surface area contributed by atoms with Crippen LogP contribution in [-0.2, 0) is 4.79 Å². The van der Waals surface area contributed by atoms with Crippen LogP contribution in [0, 0.1) is 12.8 Å². The SMILES string of the molecule is Cc1ccc(OCCSC2CCC(C(=O)O)CC2)cc1. The van der Waals surface area contributed by atoms with Crippen molar-refractivity contribution in [1.29, 1.82) is 0 Å². The van der Waals surface area contributed by atoms with E-state index >= 15 is 0 Å². The van der Waals surface area contributed by atoms with Crippen LogP contribution in [0.1, 0.15) is 31.2 Å². The molecule has 4 heteroatoms. The normalized spacial score (nSPS) is 22.4. The molecule has 0 heterocycles. The standard InChI is InChI=1S/C16H22O3S/c1-12-2-6-14(7-3-12)19-10-11-20-15-8-4-13(5-9-15)16(17)18/h2-3,6-7,13,15H,4-5,8-11H2,1H3,(H,17,18). The number of benzene rings is 1. The maximum atomic E-state index is 10.9. The van der Waals surface area contributed by atoms with E-state index in [4.69, 9.17) is 9.84 Å². The Hall–Kier alpha value is -1.16. The first-order valence-electron chi connectivity index (χ1n) is 7.19. The van der Waals surface area contributed by atoms with Gasteiger partial charge in [-0.3, -0.25) is 4.79 Å². The van der Waals surface area contributed by atoms with E-state index in [2.05, 4.69) is 19.1 Å². The number of hydrogen-bond acceptors (Lipinski definition) is 3. The molecule has 0 atom stereocenters. The lowest BCUT2D eigenvalue weighted by molar-refractivity contribution is -0.142. The van der Waals surface area contributed by atoms with Crippen molar-refractivity contribution in [1.82, 2.24) is 0 Å². The zero-order chi connectivity index (χ0) is 14.4. The molecule has 0 amide bonds. The topological polar surface area (TPSA) is 46.5 Å². The summed E-state index contributed by atoms with van der Waals surface area (Å²) < 4.78 is 5.70. The Balaban J connectivity index is 1.60. The zero-order valence-electron chi connectivity index (χ0n) is 11.9. The van der Waals surface area contributed by atoms with Gasteiger partial charge in [-0.1, -0.05) is 17.7 Å². The van der Waals surface area contributed by atoms with Gasteiger partial charge in [-0.25, -0.2) is 0 Å². The first-order chi connectivity index (χ1) is 9.65. The fourth-order valence-electron chi connectivity index (χ4n) is 2.49. The summed E-state index contributed by atoms with van der Waals surface area (Å²) in [4.78, 5) is 10.9. The first-order valence-corrected chi connectivity index (χ1v) is 8.24. The van der Waals surface area contributed by atoms with Crippen molar-refractivity contribution < 1.29 is 14.6 Å². The molecular weight excluding hydrogens is 272 g/mol. The molecule has 20 heavy (non-hydrogen) atoms. The number of hydrogen-bond donors (Lipinski definition) is 1. The molecule has 3 nitrogen and oxygen atoms in total. The van der Waals surface area contributed by atoms with Crippen LogP contribution in [0.25, 0.3) is 0 Å². The fraction of sp³-hybridized carbons (Fsp3) is 0.562. The molecule has 1 aromatic rings. The summed E-state index contributed by atoms with van der Waals surface area (Å²) >= 11 is 1.92. The number of aliphatic carboxylic acids is 1. The van der Waals surface area contributed by atoms with Crippen molar-refractivity contribution in [2.75, 3.05) is 12.4 Å². The maximum Gasteiger partial charge on any atom is 0.306 e. The van der Waals surface area contributed by atoms with Gasteiger partial charge in [0.1, 0.15) is 5.75 Å². The van der Waals surface area contributed by atoms with Crippen LogP contribution < -0.4 is 4.74 Å². The number of ether oxygens (including phenoxy) is 1. The van der Waals surface area contributed by atoms with Crippen LogP contribution in [0.3, 0.4) is 0 Å². The van der Waals surface area contributed by atoms with Gasteiger partial charge < -0.3 is 9.84 Å². The van der Waals surface area contributed by atoms with Gasteiger partial charge in [-0.05, 0) is 44.7 Å². The molecule has 0 saturated heterocycles. The second kappa shape index (κ2) is 7.58. The number of rotatable bonds is 6. The highest BCUT2D eigenvalue weighted by atomic mass is 32.2. The Morgan fingerprint density at radius 1 is 1.25 bits per heavy atom. The Labute approximate surface area is 124 Å². The molecule has 1 aliphatic carbocycles. The molecule has 110 valence electrons. The van der Waals surface area contributed by atoms with Gasteiger partial charge >= 0.3 is 5.97 Å². The van der Waals surface area contributed by atoms with E-state index in [9.17, 15) is 4.79 Å². The number of aryl methyl sites for hydroxylation is 1. The third-order valence-electron chi connectivity index (χ3n) is 3.75. The van der Waals surface area contributed by atoms with Crippen molar-refractivity contribution in [3.63, 3.8) is 0 Å². The van der Waals surface area contributed by atoms with Crippen molar-refractivity contribution in [3.8, 4) is 5.75 Å². The van der Waals surface area contributed by atoms with Crippen molar-refractivity contribution >= 4 is 17.7 Å². The minimum Gasteiger partial charge on any atom is -0.493 e. The molecule has 0 aliphatic heterocycles. The summed E-state index contributed by atoms with van der Waals surface area (Å²) in [5, 5.41) is 9.56. The van der Waals surface area contributed by atoms with E-state index in [0.717, 1.165) is 37.2 Å². The van der Waals surface area contributed by atoms with Crippen LogP contribution in [0.5, 0.6) is 5.75 Å². The predicted octanol–water partition coefficient (Wildman–Crippen LogP) is 3.75. The smallest absolute Gasteiger partial charge is 0.306 e. The third kappa shape index (κ3) is 4.75. The molecular formula is C16H22O3S. The van der Waals surface area contributed by atoms with Gasteiger partial charge in [0.05, 0.1) is 12.5 Å². The van der Waals surface area contributed by atoms with Gasteiger partial charge in [0, 0.05) is 11.0 Å². The second-order valence-corrected chi connectivity index (χ2v) is 6.75. The van der Waals surface area contributed by atoms with E-state index in [1.54, 1.807) is 0 Å². The van der Waals surface area contributed by atoms with E-state index in [-0.39, 0.29) is 5.92 Å². The van der Waals surface area contributed by atoms with Gasteiger partial charge in [0.15, 0.2) is 0 Å². The average molecular weight is 294 g/mol. The number of thioether (sulfide) groups is 1. The summed E-state index contributed by atoms with van der Waals surface area (Å²) in [6.45, 7) is 2.78. The Morgan fingerprint density at radius 2 is 1.90 bits per heavy atom. The summed E-state index contributed by atoms with van der Waals surface area (Å²) in [7, 11) is 0. The zero-order valence-corrected chi connectivity index (χ0v) is 12.7. The highest BCUT2D eigenvalue weighted by Gasteiger charge is 2.25. The Kier molecular flexibility index (Phi) is 5.77. The summed E-state index contributed by atoms with van der Waals surface area (Å²) in [5.41, 5.74) is 1.24. The van der Waals surface area contributed by atoms with Crippen LogP contribution in [-0.4, -0.2) is 28.7 Å². The first kappa shape index (κ1) is 15.2. The molecule has 0 spiro atoms. The Morgan fingerprint density at radius 3 is 2.50 bits per heavy atom. The van der Waals surface area contributed by atoms with Crippen molar-refractivity contribution in [3.05, 3.63) is 29.8 Å². The van der Waals surface area contributed by atoms with E-state index in [0.29, 0.717) is 11.9 Å². The Bertz CT molecular complexity index is 422. The van der Waals surface area contributed by atoms with E-state index < -0.39 is 5.97 Å². The van der Waals surface area contributed by atoms with Crippen molar-refractivity contribution in [2.45, 2.75) is 37.9 Å². The summed E-state index contributed by atoms with van der Waals surface area (Å²) in [6.07, 6.45) is 3.69. The summed E-state index contributed by atoms with van der Waals surface area (Å²) in [5.74, 6) is 1.15. The van der Waals surface area contributed by atoms with E-state index in [1.807, 2.05) is 23.9 Å². The predicted molar refractivity (Wildman–Crippen MR) is 82.5 cm³/mol. The molecule has 1 aliphatic rings. The van der Waals surface area contributed by atoms with Crippen LogP contribution in [0.2, 0.25) is 0 Å². The number of carboxylic acid groups (broad SMARTS) is 1. The molecule has 0 radical (unpaired) electrons. The minimum atomic E-state index is -0.629. The lowest BCUT2D eigenvalue weighted by Crippen LogP contribution is -2.23. The largest absolute Gasteiger partial charge is 0.493 e. The van der Waals surface area contributed by atoms with Gasteiger partial charge in [-0.2, -0.15) is 11.8 Å². The van der Waals surface area contributed by atoms with Crippen LogP contribution >= 0.6 is 11.8 Å². The van der Waals surface area contributed by atoms with Crippen LogP contribution in [0.15, 0.2) is 24.3 Å². The van der Waals surface area contributed by atoms with Gasteiger partial charge in [0.2, 0.25) is 0 Å². The molecule has 1 N–H and O–H groups in total. The average Bonchev–Trinajstić information content (AvgIpc) is 2.46. The third-order valence-corrected chi connectivity index (χ3v) is 5.10. The number of carboxylic acids is 1. The van der Waals surface area contributed by atoms with Gasteiger partial charge in [0.25, 0.3) is 0 Å². The molecule has 1 saturated carbocycles. The van der Waals surface area contributed by atoms with Crippen LogP contribution in [0.4, 0.5) is 0 Å². The monoisotopic (exact) mass is 294 g/mol. The molecule has 0 unspecified atom stereocenters. The fourth-order valence-corrected chi connectivity index (χ4v) is 3.60. The summed E-state index contributed by atoms with van der Waals surface area (Å²) in [6, 6.07) is 8.10. The van der Waals surface area contributed by atoms with E-state index in [1.165, 1.54) is 5.56 Å². The highest BCUT2D eigenvalue weighted by Crippen LogP contribution is 2.31.